The van der Waals surface area contributed by atoms with Gasteiger partial charge in [0.25, 0.3) is 0 Å². The van der Waals surface area contributed by atoms with E-state index in [1.54, 1.807) is 18.2 Å². The standard InChI is InChI=1S/C14H19Cl2NO/c15-10-6-7-12(13(16)8-10)14(18)9-17-11-4-2-1-3-5-11/h6-8,11,14,17-18H,1-5,9H2. The van der Waals surface area contributed by atoms with E-state index in [-0.39, 0.29) is 0 Å². The van der Waals surface area contributed by atoms with Crippen LogP contribution in [-0.2, 0) is 0 Å². The normalized spacial score (nSPS) is 18.8. The van der Waals surface area contributed by atoms with E-state index in [0.717, 1.165) is 5.56 Å². The van der Waals surface area contributed by atoms with Gasteiger partial charge in [-0.05, 0) is 25.0 Å². The molecule has 0 heterocycles. The summed E-state index contributed by atoms with van der Waals surface area (Å²) in [5.74, 6) is 0. The Morgan fingerprint density at radius 2 is 1.94 bits per heavy atom. The van der Waals surface area contributed by atoms with E-state index in [1.165, 1.54) is 32.1 Å². The summed E-state index contributed by atoms with van der Waals surface area (Å²) in [6.07, 6.45) is 5.76. The van der Waals surface area contributed by atoms with Crippen LogP contribution in [0, 0.1) is 0 Å². The van der Waals surface area contributed by atoms with E-state index in [9.17, 15) is 5.11 Å². The summed E-state index contributed by atoms with van der Waals surface area (Å²) in [7, 11) is 0. The second-order valence-corrected chi connectivity index (χ2v) is 5.77. The Balaban J connectivity index is 1.88. The third-order valence-electron chi connectivity index (χ3n) is 3.53. The first kappa shape index (κ1) is 14.1. The zero-order valence-electron chi connectivity index (χ0n) is 10.3. The SMILES string of the molecule is OC(CNC1CCCCC1)c1ccc(Cl)cc1Cl. The van der Waals surface area contributed by atoms with Gasteiger partial charge in [-0.2, -0.15) is 0 Å². The fourth-order valence-corrected chi connectivity index (χ4v) is 3.00. The predicted octanol–water partition coefficient (Wildman–Crippen LogP) is 3.95. The van der Waals surface area contributed by atoms with Crippen molar-refractivity contribution in [2.45, 2.75) is 44.2 Å². The van der Waals surface area contributed by atoms with Crippen molar-refractivity contribution in [2.75, 3.05) is 6.54 Å². The topological polar surface area (TPSA) is 32.3 Å². The number of halogens is 2. The summed E-state index contributed by atoms with van der Waals surface area (Å²) in [5.41, 5.74) is 0.740. The van der Waals surface area contributed by atoms with Crippen LogP contribution in [0.1, 0.15) is 43.8 Å². The van der Waals surface area contributed by atoms with Crippen LogP contribution < -0.4 is 5.32 Å². The van der Waals surface area contributed by atoms with Gasteiger partial charge < -0.3 is 10.4 Å². The summed E-state index contributed by atoms with van der Waals surface area (Å²) < 4.78 is 0. The van der Waals surface area contributed by atoms with Crippen molar-refractivity contribution in [3.8, 4) is 0 Å². The van der Waals surface area contributed by atoms with Crippen molar-refractivity contribution in [1.29, 1.82) is 0 Å². The predicted molar refractivity (Wildman–Crippen MR) is 76.3 cm³/mol. The van der Waals surface area contributed by atoms with Crippen molar-refractivity contribution in [1.82, 2.24) is 5.32 Å². The molecule has 2 N–H and O–H groups in total. The fraction of sp³-hybridized carbons (Fsp3) is 0.571. The molecule has 0 bridgehead atoms. The average molecular weight is 288 g/mol. The molecule has 1 atom stereocenters. The molecule has 100 valence electrons. The molecule has 1 saturated carbocycles. The van der Waals surface area contributed by atoms with E-state index in [2.05, 4.69) is 5.32 Å². The van der Waals surface area contributed by atoms with Crippen molar-refractivity contribution in [3.63, 3.8) is 0 Å². The number of rotatable bonds is 4. The van der Waals surface area contributed by atoms with Gasteiger partial charge in [0.1, 0.15) is 0 Å². The zero-order valence-corrected chi connectivity index (χ0v) is 11.8. The third-order valence-corrected chi connectivity index (χ3v) is 4.09. The largest absolute Gasteiger partial charge is 0.387 e. The van der Waals surface area contributed by atoms with Crippen LogP contribution in [0.5, 0.6) is 0 Å². The first-order chi connectivity index (χ1) is 8.66. The smallest absolute Gasteiger partial charge is 0.0928 e. The zero-order chi connectivity index (χ0) is 13.0. The average Bonchev–Trinajstić information content (AvgIpc) is 2.37. The van der Waals surface area contributed by atoms with E-state index in [0.29, 0.717) is 22.6 Å². The van der Waals surface area contributed by atoms with Crippen LogP contribution in [0.2, 0.25) is 10.0 Å². The summed E-state index contributed by atoms with van der Waals surface area (Å²) >= 11 is 11.9. The second kappa shape index (κ2) is 6.76. The lowest BCUT2D eigenvalue weighted by Crippen LogP contribution is -2.34. The van der Waals surface area contributed by atoms with Crippen LogP contribution >= 0.6 is 23.2 Å². The Hall–Kier alpha value is -0.280. The molecule has 0 aliphatic heterocycles. The molecule has 1 aliphatic carbocycles. The maximum absolute atomic E-state index is 10.1. The van der Waals surface area contributed by atoms with E-state index in [1.807, 2.05) is 0 Å². The number of benzene rings is 1. The summed E-state index contributed by atoms with van der Waals surface area (Å²) in [6, 6.07) is 5.76. The van der Waals surface area contributed by atoms with Gasteiger partial charge >= 0.3 is 0 Å². The molecule has 1 fully saturated rings. The molecule has 18 heavy (non-hydrogen) atoms. The van der Waals surface area contributed by atoms with Gasteiger partial charge in [0.15, 0.2) is 0 Å². The Labute approximate surface area is 118 Å². The Kier molecular flexibility index (Phi) is 5.31. The molecular weight excluding hydrogens is 269 g/mol. The highest BCUT2D eigenvalue weighted by atomic mass is 35.5. The lowest BCUT2D eigenvalue weighted by molar-refractivity contribution is 0.165. The lowest BCUT2D eigenvalue weighted by atomic mass is 9.95. The first-order valence-electron chi connectivity index (χ1n) is 6.53. The number of nitrogens with one attached hydrogen (secondary N) is 1. The lowest BCUT2D eigenvalue weighted by Gasteiger charge is -2.24. The van der Waals surface area contributed by atoms with Crippen molar-refractivity contribution < 1.29 is 5.11 Å². The number of aliphatic hydroxyl groups excluding tert-OH is 1. The van der Waals surface area contributed by atoms with Gasteiger partial charge in [-0.1, -0.05) is 48.5 Å². The fourth-order valence-electron chi connectivity index (χ4n) is 2.47. The molecule has 0 aromatic heterocycles. The van der Waals surface area contributed by atoms with Gasteiger partial charge in [0.05, 0.1) is 6.10 Å². The highest BCUT2D eigenvalue weighted by Crippen LogP contribution is 2.26. The molecule has 0 amide bonds. The third kappa shape index (κ3) is 3.86. The molecule has 0 saturated heterocycles. The maximum Gasteiger partial charge on any atom is 0.0928 e. The molecule has 4 heteroatoms. The molecular formula is C14H19Cl2NO. The minimum atomic E-state index is -0.573. The van der Waals surface area contributed by atoms with Crippen molar-refractivity contribution >= 4 is 23.2 Å². The van der Waals surface area contributed by atoms with Gasteiger partial charge in [-0.25, -0.2) is 0 Å². The van der Waals surface area contributed by atoms with Crippen molar-refractivity contribution in [2.24, 2.45) is 0 Å². The van der Waals surface area contributed by atoms with Crippen LogP contribution in [0.15, 0.2) is 18.2 Å². The minimum absolute atomic E-state index is 0.528. The molecule has 2 nitrogen and oxygen atoms in total. The molecule has 0 radical (unpaired) electrons. The summed E-state index contributed by atoms with van der Waals surface area (Å²) in [6.45, 7) is 0.548. The Morgan fingerprint density at radius 1 is 1.22 bits per heavy atom. The molecule has 1 aromatic rings. The Morgan fingerprint density at radius 3 is 2.61 bits per heavy atom. The van der Waals surface area contributed by atoms with Crippen LogP contribution in [0.3, 0.4) is 0 Å². The molecule has 1 unspecified atom stereocenters. The highest BCUT2D eigenvalue weighted by molar-refractivity contribution is 6.35. The van der Waals surface area contributed by atoms with Gasteiger partial charge in [-0.15, -0.1) is 0 Å². The minimum Gasteiger partial charge on any atom is -0.387 e. The first-order valence-corrected chi connectivity index (χ1v) is 7.29. The summed E-state index contributed by atoms with van der Waals surface area (Å²) in [5, 5.41) is 14.7. The monoisotopic (exact) mass is 287 g/mol. The maximum atomic E-state index is 10.1. The van der Waals surface area contributed by atoms with Crippen LogP contribution in [0.25, 0.3) is 0 Å². The van der Waals surface area contributed by atoms with Gasteiger partial charge in [0.2, 0.25) is 0 Å². The molecule has 0 spiro atoms. The summed E-state index contributed by atoms with van der Waals surface area (Å²) in [4.78, 5) is 0. The number of hydrogen-bond donors (Lipinski definition) is 2. The van der Waals surface area contributed by atoms with E-state index < -0.39 is 6.10 Å². The quantitative estimate of drug-likeness (QED) is 0.879. The van der Waals surface area contributed by atoms with E-state index in [4.69, 9.17) is 23.2 Å². The number of hydrogen-bond acceptors (Lipinski definition) is 2. The van der Waals surface area contributed by atoms with Crippen LogP contribution in [0.4, 0.5) is 0 Å². The van der Waals surface area contributed by atoms with E-state index >= 15 is 0 Å². The van der Waals surface area contributed by atoms with Crippen molar-refractivity contribution in [3.05, 3.63) is 33.8 Å². The number of aliphatic hydroxyl groups is 1. The second-order valence-electron chi connectivity index (χ2n) is 4.92. The Bertz CT molecular complexity index is 391. The van der Waals surface area contributed by atoms with Gasteiger partial charge in [0, 0.05) is 28.2 Å². The highest BCUT2D eigenvalue weighted by Gasteiger charge is 2.16. The molecule has 1 aromatic carbocycles. The van der Waals surface area contributed by atoms with Crippen LogP contribution in [-0.4, -0.2) is 17.7 Å². The molecule has 2 rings (SSSR count). The molecule has 1 aliphatic rings. The van der Waals surface area contributed by atoms with Gasteiger partial charge in [-0.3, -0.25) is 0 Å².